The van der Waals surface area contributed by atoms with Gasteiger partial charge in [-0.2, -0.15) is 0 Å². The van der Waals surface area contributed by atoms with E-state index in [9.17, 15) is 14.7 Å². The van der Waals surface area contributed by atoms with Crippen molar-refractivity contribution < 1.29 is 38.0 Å². The van der Waals surface area contributed by atoms with E-state index < -0.39 is 17.3 Å². The third kappa shape index (κ3) is 3.88. The zero-order valence-electron chi connectivity index (χ0n) is 20.6. The maximum absolute atomic E-state index is 13.6. The van der Waals surface area contributed by atoms with Gasteiger partial charge in [0.1, 0.15) is 34.5 Å². The summed E-state index contributed by atoms with van der Waals surface area (Å²) in [6.07, 6.45) is 1.29. The maximum atomic E-state index is 13.6. The number of hydrogen-bond acceptors (Lipinski definition) is 9. The van der Waals surface area contributed by atoms with Crippen molar-refractivity contribution >= 4 is 16.9 Å². The molecule has 9 nitrogen and oxygen atoms in total. The van der Waals surface area contributed by atoms with Gasteiger partial charge in [0.05, 0.1) is 40.4 Å². The SMILES string of the molecule is COc1ccc(-c2coc3c4c(cc(O)c3c2=O)OC(=O)CC4c2ccc(OC)c(OC)c2OC)cc1. The van der Waals surface area contributed by atoms with E-state index in [1.165, 1.54) is 33.7 Å². The smallest absolute Gasteiger partial charge is 0.312 e. The van der Waals surface area contributed by atoms with E-state index in [0.29, 0.717) is 39.7 Å². The topological polar surface area (TPSA) is 114 Å². The Bertz CT molecular complexity index is 1570. The van der Waals surface area contributed by atoms with Crippen molar-refractivity contribution in [1.82, 2.24) is 0 Å². The van der Waals surface area contributed by atoms with E-state index in [1.54, 1.807) is 43.5 Å². The molecule has 1 atom stereocenters. The van der Waals surface area contributed by atoms with Crippen LogP contribution in [0.1, 0.15) is 23.5 Å². The molecule has 190 valence electrons. The van der Waals surface area contributed by atoms with Crippen LogP contribution < -0.4 is 29.1 Å². The summed E-state index contributed by atoms with van der Waals surface area (Å²) in [7, 11) is 6.03. The van der Waals surface area contributed by atoms with Crippen LogP contribution in [0.3, 0.4) is 0 Å². The van der Waals surface area contributed by atoms with Gasteiger partial charge in [0, 0.05) is 23.1 Å². The Hall–Kier alpha value is -4.66. The molecule has 0 radical (unpaired) electrons. The number of benzene rings is 3. The summed E-state index contributed by atoms with van der Waals surface area (Å²) in [6.45, 7) is 0. The molecule has 0 amide bonds. The van der Waals surface area contributed by atoms with Crippen molar-refractivity contribution in [3.8, 4) is 45.6 Å². The van der Waals surface area contributed by atoms with Crippen LogP contribution >= 0.6 is 0 Å². The average Bonchev–Trinajstić information content (AvgIpc) is 2.91. The number of hydrogen-bond donors (Lipinski definition) is 1. The van der Waals surface area contributed by atoms with Crippen LogP contribution in [-0.4, -0.2) is 39.5 Å². The first-order valence-corrected chi connectivity index (χ1v) is 11.4. The van der Waals surface area contributed by atoms with Gasteiger partial charge < -0.3 is 33.2 Å². The summed E-state index contributed by atoms with van der Waals surface area (Å²) in [5.41, 5.74) is 1.59. The van der Waals surface area contributed by atoms with Crippen molar-refractivity contribution in [2.24, 2.45) is 0 Å². The Labute approximate surface area is 211 Å². The fraction of sp³-hybridized carbons (Fsp3) is 0.214. The highest BCUT2D eigenvalue weighted by molar-refractivity contribution is 5.94. The molecule has 1 aromatic heterocycles. The fourth-order valence-electron chi connectivity index (χ4n) is 4.77. The van der Waals surface area contributed by atoms with Gasteiger partial charge in [0.25, 0.3) is 0 Å². The van der Waals surface area contributed by atoms with Gasteiger partial charge in [0.2, 0.25) is 11.2 Å². The molecule has 9 heteroatoms. The van der Waals surface area contributed by atoms with Gasteiger partial charge in [-0.3, -0.25) is 9.59 Å². The normalized spacial score (nSPS) is 14.6. The number of ether oxygens (including phenoxy) is 5. The summed E-state index contributed by atoms with van der Waals surface area (Å²) in [6, 6.07) is 11.6. The first-order valence-electron chi connectivity index (χ1n) is 11.4. The molecule has 0 aliphatic carbocycles. The number of methoxy groups -OCH3 is 4. The molecule has 0 saturated carbocycles. The van der Waals surface area contributed by atoms with E-state index in [0.717, 1.165) is 0 Å². The van der Waals surface area contributed by atoms with Crippen molar-refractivity contribution in [2.45, 2.75) is 12.3 Å². The molecule has 4 aromatic rings. The number of aromatic hydroxyl groups is 1. The largest absolute Gasteiger partial charge is 0.507 e. The number of rotatable bonds is 6. The van der Waals surface area contributed by atoms with E-state index in [-0.39, 0.29) is 34.5 Å². The summed E-state index contributed by atoms with van der Waals surface area (Å²) >= 11 is 0. The average molecular weight is 504 g/mol. The van der Waals surface area contributed by atoms with Gasteiger partial charge in [-0.25, -0.2) is 0 Å². The Balaban J connectivity index is 1.76. The molecule has 0 saturated heterocycles. The van der Waals surface area contributed by atoms with Crippen LogP contribution in [0, 0.1) is 0 Å². The van der Waals surface area contributed by atoms with Gasteiger partial charge in [0.15, 0.2) is 11.5 Å². The Morgan fingerprint density at radius 3 is 2.27 bits per heavy atom. The lowest BCUT2D eigenvalue weighted by Crippen LogP contribution is -2.22. The van der Waals surface area contributed by atoms with Crippen LogP contribution in [0.15, 0.2) is 57.9 Å². The van der Waals surface area contributed by atoms with E-state index in [4.69, 9.17) is 28.1 Å². The third-order valence-electron chi connectivity index (χ3n) is 6.48. The number of phenolic OH excluding ortho intramolecular Hbond substituents is 1. The van der Waals surface area contributed by atoms with Crippen LogP contribution in [-0.2, 0) is 4.79 Å². The molecule has 2 heterocycles. The molecule has 0 bridgehead atoms. The Morgan fingerprint density at radius 2 is 1.62 bits per heavy atom. The first kappa shape index (κ1) is 24.1. The predicted molar refractivity (Wildman–Crippen MR) is 134 cm³/mol. The minimum atomic E-state index is -0.621. The second-order valence-corrected chi connectivity index (χ2v) is 8.37. The highest BCUT2D eigenvalue weighted by Crippen LogP contribution is 2.51. The molecule has 1 N–H and O–H groups in total. The van der Waals surface area contributed by atoms with Crippen molar-refractivity contribution in [3.05, 3.63) is 70.1 Å². The van der Waals surface area contributed by atoms with E-state index in [2.05, 4.69) is 0 Å². The summed E-state index contributed by atoms with van der Waals surface area (Å²) in [5, 5.41) is 10.8. The van der Waals surface area contributed by atoms with E-state index >= 15 is 0 Å². The molecule has 3 aromatic carbocycles. The fourth-order valence-corrected chi connectivity index (χ4v) is 4.77. The lowest BCUT2D eigenvalue weighted by atomic mass is 9.84. The maximum Gasteiger partial charge on any atom is 0.312 e. The highest BCUT2D eigenvalue weighted by Gasteiger charge is 2.36. The molecular formula is C28H24O9. The second-order valence-electron chi connectivity index (χ2n) is 8.37. The molecule has 0 spiro atoms. The summed E-state index contributed by atoms with van der Waals surface area (Å²) in [5.74, 6) is 0.427. The Kier molecular flexibility index (Phi) is 6.12. The van der Waals surface area contributed by atoms with Crippen LogP contribution in [0.5, 0.6) is 34.5 Å². The predicted octanol–water partition coefficient (Wildman–Crippen LogP) is 4.64. The minimum Gasteiger partial charge on any atom is -0.507 e. The molecule has 0 fully saturated rings. The van der Waals surface area contributed by atoms with Gasteiger partial charge in [-0.15, -0.1) is 0 Å². The number of carbonyl (C=O) groups is 1. The van der Waals surface area contributed by atoms with Crippen LogP contribution in [0.25, 0.3) is 22.1 Å². The molecule has 37 heavy (non-hydrogen) atoms. The molecular weight excluding hydrogens is 480 g/mol. The number of carbonyl (C=O) groups excluding carboxylic acids is 1. The first-order chi connectivity index (χ1) is 17.9. The molecule has 1 aliphatic heterocycles. The number of phenols is 1. The van der Waals surface area contributed by atoms with Crippen molar-refractivity contribution in [2.75, 3.05) is 28.4 Å². The quantitative estimate of drug-likeness (QED) is 0.296. The van der Waals surface area contributed by atoms with E-state index in [1.807, 2.05) is 0 Å². The lowest BCUT2D eigenvalue weighted by Gasteiger charge is -2.27. The van der Waals surface area contributed by atoms with Crippen LogP contribution in [0.2, 0.25) is 0 Å². The zero-order chi connectivity index (χ0) is 26.3. The minimum absolute atomic E-state index is 0.0190. The Morgan fingerprint density at radius 1 is 0.892 bits per heavy atom. The van der Waals surface area contributed by atoms with Crippen molar-refractivity contribution in [1.29, 1.82) is 0 Å². The van der Waals surface area contributed by atoms with Crippen LogP contribution in [0.4, 0.5) is 0 Å². The standard InChI is InChI=1S/C28H24O9/c1-32-15-7-5-14(6-8-15)18-13-36-28-23-17(16-9-10-20(33-2)27(35-4)26(16)34-3)11-22(30)37-21(23)12-19(29)24(28)25(18)31/h5-10,12-13,17,29H,11H2,1-4H3. The van der Waals surface area contributed by atoms with Crippen molar-refractivity contribution in [3.63, 3.8) is 0 Å². The third-order valence-corrected chi connectivity index (χ3v) is 6.48. The zero-order valence-corrected chi connectivity index (χ0v) is 20.6. The second kappa shape index (κ2) is 9.42. The molecule has 5 rings (SSSR count). The van der Waals surface area contributed by atoms with Gasteiger partial charge in [-0.05, 0) is 23.8 Å². The highest BCUT2D eigenvalue weighted by atomic mass is 16.5. The lowest BCUT2D eigenvalue weighted by molar-refractivity contribution is -0.135. The molecule has 1 aliphatic rings. The summed E-state index contributed by atoms with van der Waals surface area (Å²) < 4.78 is 33.2. The summed E-state index contributed by atoms with van der Waals surface area (Å²) in [4.78, 5) is 26.2. The number of fused-ring (bicyclic) bond motifs is 3. The monoisotopic (exact) mass is 504 g/mol. The van der Waals surface area contributed by atoms with Gasteiger partial charge in [-0.1, -0.05) is 18.2 Å². The number of esters is 1. The van der Waals surface area contributed by atoms with Gasteiger partial charge >= 0.3 is 5.97 Å². The molecule has 1 unspecified atom stereocenters.